The summed E-state index contributed by atoms with van der Waals surface area (Å²) >= 11 is 0. The lowest BCUT2D eigenvalue weighted by molar-refractivity contribution is 0.483. The zero-order valence-corrected chi connectivity index (χ0v) is 25.6. The Labute approximate surface area is 272 Å². The molecule has 0 radical (unpaired) electrons. The molecule has 2 heterocycles. The molecule has 0 saturated heterocycles. The summed E-state index contributed by atoms with van der Waals surface area (Å²) in [5.74, 6) is 1.18. The third-order valence-corrected chi connectivity index (χ3v) is 9.05. The molecule has 9 rings (SSSR count). The standard InChI is InChI=1S/C42H30N4O/c1-2-12-33(13-3-1)45(35-24-26-36(27-25-35)46-39-16-8-6-14-37(39)38-15-7-9-17-40(38)46)34-22-20-30(21-23-34)41-43-44-42(47-41)32-19-18-29-10-4-5-11-31(29)28-32/h1-20,22-28,30H,21H2. The molecule has 0 fully saturated rings. The van der Waals surface area contributed by atoms with Crippen LogP contribution in [0, 0.1) is 0 Å². The average molecular weight is 607 g/mol. The number of hydrogen-bond acceptors (Lipinski definition) is 4. The van der Waals surface area contributed by atoms with Crippen LogP contribution in [0.2, 0.25) is 0 Å². The summed E-state index contributed by atoms with van der Waals surface area (Å²) in [5.41, 5.74) is 7.76. The summed E-state index contributed by atoms with van der Waals surface area (Å²) in [6, 6.07) is 51.1. The predicted octanol–water partition coefficient (Wildman–Crippen LogP) is 10.8. The topological polar surface area (TPSA) is 47.1 Å². The highest BCUT2D eigenvalue weighted by atomic mass is 16.4. The first-order valence-electron chi connectivity index (χ1n) is 15.9. The molecule has 0 aliphatic heterocycles. The molecule has 0 bridgehead atoms. The minimum atomic E-state index is 0.00996. The average Bonchev–Trinajstić information content (AvgIpc) is 3.77. The molecule has 0 saturated carbocycles. The molecule has 224 valence electrons. The van der Waals surface area contributed by atoms with Gasteiger partial charge in [-0.3, -0.25) is 0 Å². The molecule has 5 nitrogen and oxygen atoms in total. The lowest BCUT2D eigenvalue weighted by Crippen LogP contribution is -2.17. The number of anilines is 2. The number of benzene rings is 6. The first kappa shape index (κ1) is 27.1. The summed E-state index contributed by atoms with van der Waals surface area (Å²) in [7, 11) is 0. The second-order valence-electron chi connectivity index (χ2n) is 11.9. The van der Waals surface area contributed by atoms with Crippen LogP contribution in [-0.4, -0.2) is 14.8 Å². The van der Waals surface area contributed by atoms with Gasteiger partial charge < -0.3 is 13.9 Å². The lowest BCUT2D eigenvalue weighted by atomic mass is 9.98. The highest BCUT2D eigenvalue weighted by Gasteiger charge is 2.22. The minimum Gasteiger partial charge on any atom is -0.420 e. The van der Waals surface area contributed by atoms with Crippen LogP contribution >= 0.6 is 0 Å². The fraction of sp³-hybridized carbons (Fsp3) is 0.0476. The Hall–Kier alpha value is -6.20. The number of para-hydroxylation sites is 3. The molecule has 0 amide bonds. The number of rotatable bonds is 6. The Kier molecular flexibility index (Phi) is 6.53. The Bertz CT molecular complexity index is 2400. The summed E-state index contributed by atoms with van der Waals surface area (Å²) < 4.78 is 8.56. The van der Waals surface area contributed by atoms with E-state index in [9.17, 15) is 0 Å². The van der Waals surface area contributed by atoms with E-state index in [1.807, 2.05) is 18.2 Å². The van der Waals surface area contributed by atoms with Gasteiger partial charge in [0.15, 0.2) is 0 Å². The van der Waals surface area contributed by atoms with Crippen molar-refractivity contribution >= 4 is 44.0 Å². The van der Waals surface area contributed by atoms with Crippen LogP contribution in [0.1, 0.15) is 18.2 Å². The Morgan fingerprint density at radius 2 is 1.28 bits per heavy atom. The number of nitrogens with zero attached hydrogens (tertiary/aromatic N) is 4. The van der Waals surface area contributed by atoms with Gasteiger partial charge >= 0.3 is 0 Å². The number of hydrogen-bond donors (Lipinski definition) is 0. The molecule has 5 heteroatoms. The van der Waals surface area contributed by atoms with Crippen LogP contribution in [0.15, 0.2) is 174 Å². The zero-order chi connectivity index (χ0) is 31.2. The lowest BCUT2D eigenvalue weighted by Gasteiger charge is -2.28. The van der Waals surface area contributed by atoms with E-state index in [4.69, 9.17) is 4.42 Å². The van der Waals surface area contributed by atoms with Crippen molar-refractivity contribution in [3.05, 3.63) is 175 Å². The molecule has 1 aliphatic carbocycles. The number of allylic oxidation sites excluding steroid dienone is 3. The van der Waals surface area contributed by atoms with Gasteiger partial charge in [0.1, 0.15) is 0 Å². The van der Waals surface area contributed by atoms with Crippen LogP contribution in [0.5, 0.6) is 0 Å². The summed E-state index contributed by atoms with van der Waals surface area (Å²) in [4.78, 5) is 2.30. The summed E-state index contributed by atoms with van der Waals surface area (Å²) in [5, 5.41) is 13.7. The van der Waals surface area contributed by atoms with Crippen LogP contribution < -0.4 is 4.90 Å². The third kappa shape index (κ3) is 4.80. The number of fused-ring (bicyclic) bond motifs is 4. The molecule has 1 aliphatic rings. The van der Waals surface area contributed by atoms with E-state index in [1.54, 1.807) is 0 Å². The van der Waals surface area contributed by atoms with Gasteiger partial charge in [-0.2, -0.15) is 0 Å². The van der Waals surface area contributed by atoms with Gasteiger partial charge in [0.2, 0.25) is 11.8 Å². The third-order valence-electron chi connectivity index (χ3n) is 9.05. The van der Waals surface area contributed by atoms with Crippen molar-refractivity contribution < 1.29 is 4.42 Å². The maximum absolute atomic E-state index is 6.21. The first-order valence-corrected chi connectivity index (χ1v) is 15.9. The maximum atomic E-state index is 6.21. The first-order chi connectivity index (χ1) is 23.3. The van der Waals surface area contributed by atoms with Gasteiger partial charge in [-0.15, -0.1) is 10.2 Å². The van der Waals surface area contributed by atoms with Gasteiger partial charge in [0.25, 0.3) is 0 Å². The Balaban J connectivity index is 1.02. The minimum absolute atomic E-state index is 0.00996. The van der Waals surface area contributed by atoms with Crippen LogP contribution in [0.3, 0.4) is 0 Å². The highest BCUT2D eigenvalue weighted by molar-refractivity contribution is 6.09. The second-order valence-corrected chi connectivity index (χ2v) is 11.9. The molecule has 0 spiro atoms. The molecular weight excluding hydrogens is 576 g/mol. The van der Waals surface area contributed by atoms with Crippen molar-refractivity contribution in [2.75, 3.05) is 4.90 Å². The van der Waals surface area contributed by atoms with E-state index in [1.165, 1.54) is 27.2 Å². The van der Waals surface area contributed by atoms with Crippen LogP contribution in [0.25, 0.3) is 49.7 Å². The molecule has 8 aromatic rings. The molecule has 6 aromatic carbocycles. The predicted molar refractivity (Wildman–Crippen MR) is 191 cm³/mol. The van der Waals surface area contributed by atoms with E-state index in [0.29, 0.717) is 11.8 Å². The van der Waals surface area contributed by atoms with Crippen molar-refractivity contribution in [3.63, 3.8) is 0 Å². The van der Waals surface area contributed by atoms with Crippen molar-refractivity contribution in [2.45, 2.75) is 12.3 Å². The molecular formula is C42H30N4O. The van der Waals surface area contributed by atoms with Gasteiger partial charge in [-0.1, -0.05) is 97.1 Å². The molecule has 2 aromatic heterocycles. The maximum Gasteiger partial charge on any atom is 0.247 e. The van der Waals surface area contributed by atoms with E-state index in [-0.39, 0.29) is 5.92 Å². The second kappa shape index (κ2) is 11.3. The Morgan fingerprint density at radius 1 is 0.617 bits per heavy atom. The van der Waals surface area contributed by atoms with Gasteiger partial charge in [-0.25, -0.2) is 0 Å². The smallest absolute Gasteiger partial charge is 0.247 e. The van der Waals surface area contributed by atoms with Crippen molar-refractivity contribution in [3.8, 4) is 17.1 Å². The van der Waals surface area contributed by atoms with Crippen molar-refractivity contribution in [1.29, 1.82) is 0 Å². The summed E-state index contributed by atoms with van der Waals surface area (Å²) in [6.07, 6.45) is 7.36. The monoisotopic (exact) mass is 606 g/mol. The fourth-order valence-corrected chi connectivity index (χ4v) is 6.76. The largest absolute Gasteiger partial charge is 0.420 e. The van der Waals surface area contributed by atoms with E-state index < -0.39 is 0 Å². The van der Waals surface area contributed by atoms with E-state index >= 15 is 0 Å². The quantitative estimate of drug-likeness (QED) is 0.189. The normalized spacial score (nSPS) is 14.6. The van der Waals surface area contributed by atoms with Gasteiger partial charge in [-0.05, 0) is 83.9 Å². The SMILES string of the molecule is C1=CC(c2nnc(-c3ccc4ccccc4c3)o2)CC=C1N(c1ccccc1)c1ccc(-n2c3ccccc3c3ccccc32)cc1. The highest BCUT2D eigenvalue weighted by Crippen LogP contribution is 2.37. The van der Waals surface area contributed by atoms with E-state index in [2.05, 4.69) is 165 Å². The van der Waals surface area contributed by atoms with Crippen LogP contribution in [-0.2, 0) is 0 Å². The Morgan fingerprint density at radius 3 is 2.00 bits per heavy atom. The molecule has 0 N–H and O–H groups in total. The summed E-state index contributed by atoms with van der Waals surface area (Å²) in [6.45, 7) is 0. The van der Waals surface area contributed by atoms with Crippen molar-refractivity contribution in [2.24, 2.45) is 0 Å². The zero-order valence-electron chi connectivity index (χ0n) is 25.6. The van der Waals surface area contributed by atoms with Gasteiger partial charge in [0.05, 0.1) is 17.0 Å². The molecule has 47 heavy (non-hydrogen) atoms. The van der Waals surface area contributed by atoms with E-state index in [0.717, 1.165) is 40.1 Å². The van der Waals surface area contributed by atoms with Gasteiger partial charge in [0, 0.05) is 39.1 Å². The van der Waals surface area contributed by atoms with Crippen LogP contribution in [0.4, 0.5) is 11.4 Å². The van der Waals surface area contributed by atoms with Crippen molar-refractivity contribution in [1.82, 2.24) is 14.8 Å². The molecule has 1 atom stereocenters. The molecule has 1 unspecified atom stereocenters. The number of aromatic nitrogens is 3. The fourth-order valence-electron chi connectivity index (χ4n) is 6.76.